The second-order valence-corrected chi connectivity index (χ2v) is 5.11. The molecule has 1 aliphatic rings. The van der Waals surface area contributed by atoms with Crippen LogP contribution in [-0.4, -0.2) is 40.2 Å². The molecule has 2 unspecified atom stereocenters. The van der Waals surface area contributed by atoms with Gasteiger partial charge in [-0.3, -0.25) is 4.79 Å². The number of nitrogens with zero attached hydrogens (tertiary/aromatic N) is 1. The number of alkyl halides is 1. The molecule has 1 fully saturated rings. The van der Waals surface area contributed by atoms with Crippen LogP contribution in [0.2, 0.25) is 0 Å². The SMILES string of the molecule is CSCC(C)N1CCC(Br)C1=O. The number of hydrogen-bond acceptors (Lipinski definition) is 2. The lowest BCUT2D eigenvalue weighted by atomic mass is 10.3. The Morgan fingerprint density at radius 1 is 1.83 bits per heavy atom. The van der Waals surface area contributed by atoms with E-state index >= 15 is 0 Å². The van der Waals surface area contributed by atoms with Crippen LogP contribution in [0.4, 0.5) is 0 Å². The lowest BCUT2D eigenvalue weighted by Crippen LogP contribution is -2.37. The zero-order valence-corrected chi connectivity index (χ0v) is 9.82. The Labute approximate surface area is 86.2 Å². The van der Waals surface area contributed by atoms with Crippen molar-refractivity contribution >= 4 is 33.6 Å². The molecule has 0 bridgehead atoms. The van der Waals surface area contributed by atoms with E-state index in [1.165, 1.54) is 0 Å². The minimum Gasteiger partial charge on any atom is -0.338 e. The number of rotatable bonds is 3. The fourth-order valence-corrected chi connectivity index (χ4v) is 2.56. The molecule has 0 saturated carbocycles. The van der Waals surface area contributed by atoms with Crippen molar-refractivity contribution in [3.63, 3.8) is 0 Å². The smallest absolute Gasteiger partial charge is 0.236 e. The molecule has 1 heterocycles. The minimum absolute atomic E-state index is 0.0711. The van der Waals surface area contributed by atoms with Gasteiger partial charge in [0.2, 0.25) is 5.91 Å². The maximum absolute atomic E-state index is 11.5. The van der Waals surface area contributed by atoms with Crippen molar-refractivity contribution in [3.05, 3.63) is 0 Å². The van der Waals surface area contributed by atoms with E-state index in [4.69, 9.17) is 0 Å². The van der Waals surface area contributed by atoms with E-state index in [-0.39, 0.29) is 10.7 Å². The first kappa shape index (κ1) is 10.4. The molecule has 0 aromatic heterocycles. The third-order valence-electron chi connectivity index (χ3n) is 2.11. The molecule has 0 aromatic rings. The zero-order valence-electron chi connectivity index (χ0n) is 7.42. The molecule has 0 aromatic carbocycles. The fraction of sp³-hybridized carbons (Fsp3) is 0.875. The molecule has 70 valence electrons. The standard InChI is InChI=1S/C8H14BrNOS/c1-6(5-12-2)10-4-3-7(9)8(10)11/h6-7H,3-5H2,1-2H3. The largest absolute Gasteiger partial charge is 0.338 e. The highest BCUT2D eigenvalue weighted by atomic mass is 79.9. The topological polar surface area (TPSA) is 20.3 Å². The predicted molar refractivity (Wildman–Crippen MR) is 56.9 cm³/mol. The van der Waals surface area contributed by atoms with Gasteiger partial charge in [-0.05, 0) is 19.6 Å². The summed E-state index contributed by atoms with van der Waals surface area (Å²) in [4.78, 5) is 13.5. The molecule has 1 amide bonds. The number of carbonyl (C=O) groups excluding carboxylic acids is 1. The summed E-state index contributed by atoms with van der Waals surface area (Å²) in [5.41, 5.74) is 0. The van der Waals surface area contributed by atoms with E-state index in [2.05, 4.69) is 29.1 Å². The Morgan fingerprint density at radius 2 is 2.50 bits per heavy atom. The highest BCUT2D eigenvalue weighted by Crippen LogP contribution is 2.21. The van der Waals surface area contributed by atoms with Crippen molar-refractivity contribution in [2.75, 3.05) is 18.6 Å². The number of halogens is 1. The second kappa shape index (κ2) is 4.51. The fourth-order valence-electron chi connectivity index (χ4n) is 1.43. The molecular weight excluding hydrogens is 238 g/mol. The maximum atomic E-state index is 11.5. The lowest BCUT2D eigenvalue weighted by Gasteiger charge is -2.23. The average molecular weight is 252 g/mol. The molecule has 0 N–H and O–H groups in total. The summed E-state index contributed by atoms with van der Waals surface area (Å²) in [6, 6.07) is 0.384. The summed E-state index contributed by atoms with van der Waals surface area (Å²) >= 11 is 5.16. The van der Waals surface area contributed by atoms with Crippen molar-refractivity contribution in [2.45, 2.75) is 24.2 Å². The Balaban J connectivity index is 2.47. The average Bonchev–Trinajstić information content (AvgIpc) is 2.34. The quantitative estimate of drug-likeness (QED) is 0.713. The van der Waals surface area contributed by atoms with Crippen molar-refractivity contribution < 1.29 is 4.79 Å². The molecular formula is C8H14BrNOS. The number of hydrogen-bond donors (Lipinski definition) is 0. The van der Waals surface area contributed by atoms with Crippen LogP contribution >= 0.6 is 27.7 Å². The monoisotopic (exact) mass is 251 g/mol. The van der Waals surface area contributed by atoms with Crippen molar-refractivity contribution in [2.24, 2.45) is 0 Å². The predicted octanol–water partition coefficient (Wildman–Crippen LogP) is 1.73. The van der Waals surface area contributed by atoms with Gasteiger partial charge >= 0.3 is 0 Å². The van der Waals surface area contributed by atoms with E-state index in [0.29, 0.717) is 6.04 Å². The van der Waals surface area contributed by atoms with Crippen LogP contribution in [0.15, 0.2) is 0 Å². The lowest BCUT2D eigenvalue weighted by molar-refractivity contribution is -0.128. The molecule has 4 heteroatoms. The van der Waals surface area contributed by atoms with Crippen LogP contribution < -0.4 is 0 Å². The number of thioether (sulfide) groups is 1. The Morgan fingerprint density at radius 3 is 2.92 bits per heavy atom. The molecule has 1 rings (SSSR count). The summed E-state index contributed by atoms with van der Waals surface area (Å²) < 4.78 is 0. The normalized spacial score (nSPS) is 26.4. The van der Waals surface area contributed by atoms with Crippen LogP contribution in [0.3, 0.4) is 0 Å². The van der Waals surface area contributed by atoms with Gasteiger partial charge in [0.15, 0.2) is 0 Å². The molecule has 0 aliphatic carbocycles. The Kier molecular flexibility index (Phi) is 3.90. The molecule has 1 aliphatic heterocycles. The second-order valence-electron chi connectivity index (χ2n) is 3.09. The first-order valence-corrected chi connectivity index (χ1v) is 6.41. The molecule has 2 nitrogen and oxygen atoms in total. The first-order valence-electron chi connectivity index (χ1n) is 4.10. The summed E-state index contributed by atoms with van der Waals surface area (Å²) in [5.74, 6) is 1.29. The van der Waals surface area contributed by atoms with Gasteiger partial charge in [0.25, 0.3) is 0 Å². The van der Waals surface area contributed by atoms with E-state index in [1.54, 1.807) is 11.8 Å². The molecule has 0 radical (unpaired) electrons. The van der Waals surface area contributed by atoms with Gasteiger partial charge in [-0.25, -0.2) is 0 Å². The number of likely N-dealkylation sites (tertiary alicyclic amines) is 1. The molecule has 0 spiro atoms. The van der Waals surface area contributed by atoms with Crippen LogP contribution in [0.25, 0.3) is 0 Å². The third-order valence-corrected chi connectivity index (χ3v) is 3.78. The third kappa shape index (κ3) is 2.16. The van der Waals surface area contributed by atoms with E-state index in [0.717, 1.165) is 18.7 Å². The Bertz CT molecular complexity index is 176. The van der Waals surface area contributed by atoms with E-state index in [1.807, 2.05) is 4.90 Å². The van der Waals surface area contributed by atoms with Crippen LogP contribution in [0.5, 0.6) is 0 Å². The summed E-state index contributed by atoms with van der Waals surface area (Å²) in [5, 5.41) is 0. The van der Waals surface area contributed by atoms with Gasteiger partial charge < -0.3 is 4.90 Å². The summed E-state index contributed by atoms with van der Waals surface area (Å²) in [6.45, 7) is 3.02. The van der Waals surface area contributed by atoms with Gasteiger partial charge in [0.1, 0.15) is 0 Å². The first-order chi connectivity index (χ1) is 5.66. The van der Waals surface area contributed by atoms with E-state index < -0.39 is 0 Å². The number of amides is 1. The molecule has 12 heavy (non-hydrogen) atoms. The van der Waals surface area contributed by atoms with E-state index in [9.17, 15) is 4.79 Å². The highest BCUT2D eigenvalue weighted by Gasteiger charge is 2.31. The van der Waals surface area contributed by atoms with Gasteiger partial charge in [0, 0.05) is 18.3 Å². The van der Waals surface area contributed by atoms with Crippen molar-refractivity contribution in [3.8, 4) is 0 Å². The number of carbonyl (C=O) groups is 1. The van der Waals surface area contributed by atoms with Gasteiger partial charge in [-0.15, -0.1) is 0 Å². The molecule has 1 saturated heterocycles. The van der Waals surface area contributed by atoms with Crippen LogP contribution in [0.1, 0.15) is 13.3 Å². The molecule has 2 atom stereocenters. The zero-order chi connectivity index (χ0) is 9.14. The summed E-state index contributed by atoms with van der Waals surface area (Å²) in [6.07, 6.45) is 3.03. The van der Waals surface area contributed by atoms with Crippen molar-refractivity contribution in [1.82, 2.24) is 4.90 Å². The maximum Gasteiger partial charge on any atom is 0.236 e. The van der Waals surface area contributed by atoms with Gasteiger partial charge in [-0.1, -0.05) is 15.9 Å². The summed E-state index contributed by atoms with van der Waals surface area (Å²) in [7, 11) is 0. The van der Waals surface area contributed by atoms with Gasteiger partial charge in [0.05, 0.1) is 4.83 Å². The minimum atomic E-state index is 0.0711. The van der Waals surface area contributed by atoms with Crippen molar-refractivity contribution in [1.29, 1.82) is 0 Å². The van der Waals surface area contributed by atoms with Gasteiger partial charge in [-0.2, -0.15) is 11.8 Å². The van der Waals surface area contributed by atoms with Crippen LogP contribution in [0, 0.1) is 0 Å². The van der Waals surface area contributed by atoms with Crippen LogP contribution in [-0.2, 0) is 4.79 Å². The Hall–Kier alpha value is 0.300. The highest BCUT2D eigenvalue weighted by molar-refractivity contribution is 9.10.